The van der Waals surface area contributed by atoms with Crippen molar-refractivity contribution in [2.24, 2.45) is 0 Å². The van der Waals surface area contributed by atoms with Crippen LogP contribution in [0.2, 0.25) is 0 Å². The molecule has 13 heavy (non-hydrogen) atoms. The first-order valence-electron chi connectivity index (χ1n) is 5.26. The predicted molar refractivity (Wildman–Crippen MR) is 57.8 cm³/mol. The molecule has 0 radical (unpaired) electrons. The molecule has 0 rings (SSSR count). The van der Waals surface area contributed by atoms with Crippen molar-refractivity contribution in [2.75, 3.05) is 6.61 Å². The third kappa shape index (κ3) is 5.83. The summed E-state index contributed by atoms with van der Waals surface area (Å²) >= 11 is 0. The van der Waals surface area contributed by atoms with Crippen LogP contribution in [0.3, 0.4) is 0 Å². The largest absolute Gasteiger partial charge is 0.395 e. The number of nitrogens with one attached hydrogen (secondary N) is 1. The molecule has 0 heterocycles. The Kier molecular flexibility index (Phi) is 8.05. The third-order valence-corrected chi connectivity index (χ3v) is 2.27. The minimum absolute atomic E-state index is 0.230. The van der Waals surface area contributed by atoms with Gasteiger partial charge in [0.1, 0.15) is 0 Å². The number of hydrogen-bond acceptors (Lipinski definition) is 2. The second-order valence-electron chi connectivity index (χ2n) is 3.46. The molecule has 2 N–H and O–H groups in total. The summed E-state index contributed by atoms with van der Waals surface area (Å²) in [6.45, 7) is 8.24. The lowest BCUT2D eigenvalue weighted by molar-refractivity contribution is 0.225. The normalized spacial score (nSPS) is 15.3. The van der Waals surface area contributed by atoms with Crippen LogP contribution in [0.4, 0.5) is 0 Å². The van der Waals surface area contributed by atoms with Crippen molar-refractivity contribution in [1.29, 1.82) is 0 Å². The molecule has 0 aromatic carbocycles. The lowest BCUT2D eigenvalue weighted by Gasteiger charge is -2.22. The van der Waals surface area contributed by atoms with E-state index in [1.807, 2.05) is 6.08 Å². The maximum Gasteiger partial charge on any atom is 0.0584 e. The molecule has 0 aromatic heterocycles. The smallest absolute Gasteiger partial charge is 0.0584 e. The average Bonchev–Trinajstić information content (AvgIpc) is 2.14. The lowest BCUT2D eigenvalue weighted by atomic mass is 10.1. The van der Waals surface area contributed by atoms with E-state index in [9.17, 15) is 0 Å². The van der Waals surface area contributed by atoms with E-state index in [0.29, 0.717) is 6.04 Å². The second kappa shape index (κ2) is 8.27. The number of rotatable bonds is 8. The van der Waals surface area contributed by atoms with Gasteiger partial charge in [-0.05, 0) is 19.3 Å². The van der Waals surface area contributed by atoms with Crippen LogP contribution < -0.4 is 5.32 Å². The fourth-order valence-corrected chi connectivity index (χ4v) is 1.45. The van der Waals surface area contributed by atoms with Gasteiger partial charge in [-0.2, -0.15) is 0 Å². The molecule has 2 atom stereocenters. The first-order valence-corrected chi connectivity index (χ1v) is 5.26. The molecule has 78 valence electrons. The van der Waals surface area contributed by atoms with Crippen LogP contribution in [0.25, 0.3) is 0 Å². The number of hydrogen-bond donors (Lipinski definition) is 2. The van der Waals surface area contributed by atoms with Crippen LogP contribution in [0.1, 0.15) is 39.5 Å². The molecule has 0 saturated heterocycles. The van der Waals surface area contributed by atoms with Crippen LogP contribution in [0, 0.1) is 0 Å². The molecule has 0 aliphatic carbocycles. The van der Waals surface area contributed by atoms with Gasteiger partial charge in [0.2, 0.25) is 0 Å². The van der Waals surface area contributed by atoms with Crippen molar-refractivity contribution >= 4 is 0 Å². The van der Waals surface area contributed by atoms with Crippen molar-refractivity contribution in [1.82, 2.24) is 5.32 Å². The molecule has 0 amide bonds. The zero-order valence-corrected chi connectivity index (χ0v) is 8.92. The standard InChI is InChI=1S/C11H23NO/c1-4-7-11(8-5-2)12-10(6-3)9-13/h4,10-13H,1,5-9H2,2-3H3. The van der Waals surface area contributed by atoms with Crippen LogP contribution in [-0.2, 0) is 0 Å². The molecule has 2 nitrogen and oxygen atoms in total. The van der Waals surface area contributed by atoms with Gasteiger partial charge >= 0.3 is 0 Å². The van der Waals surface area contributed by atoms with Crippen LogP contribution in [0.15, 0.2) is 12.7 Å². The van der Waals surface area contributed by atoms with Crippen molar-refractivity contribution in [3.8, 4) is 0 Å². The highest BCUT2D eigenvalue weighted by molar-refractivity contribution is 4.80. The zero-order valence-electron chi connectivity index (χ0n) is 8.92. The van der Waals surface area contributed by atoms with Crippen molar-refractivity contribution in [2.45, 2.75) is 51.6 Å². The van der Waals surface area contributed by atoms with Crippen LogP contribution in [-0.4, -0.2) is 23.8 Å². The van der Waals surface area contributed by atoms with Gasteiger partial charge in [0.25, 0.3) is 0 Å². The molecule has 0 aromatic rings. The SMILES string of the molecule is C=CCC(CCC)NC(CC)CO. The van der Waals surface area contributed by atoms with Gasteiger partial charge in [0.15, 0.2) is 0 Å². The average molecular weight is 185 g/mol. The Balaban J connectivity index is 3.82. The van der Waals surface area contributed by atoms with Crippen LogP contribution >= 0.6 is 0 Å². The quantitative estimate of drug-likeness (QED) is 0.568. The summed E-state index contributed by atoms with van der Waals surface area (Å²) in [6.07, 6.45) is 6.24. The van der Waals surface area contributed by atoms with E-state index < -0.39 is 0 Å². The molecule has 0 saturated carbocycles. The Bertz CT molecular complexity index is 121. The van der Waals surface area contributed by atoms with E-state index in [4.69, 9.17) is 5.11 Å². The van der Waals surface area contributed by atoms with Gasteiger partial charge in [-0.15, -0.1) is 6.58 Å². The number of aliphatic hydroxyl groups is 1. The molecule has 2 heteroatoms. The Morgan fingerprint density at radius 3 is 2.46 bits per heavy atom. The summed E-state index contributed by atoms with van der Waals surface area (Å²) in [6, 6.07) is 0.732. The lowest BCUT2D eigenvalue weighted by Crippen LogP contribution is -2.39. The van der Waals surface area contributed by atoms with Crippen molar-refractivity contribution < 1.29 is 5.11 Å². The topological polar surface area (TPSA) is 32.3 Å². The van der Waals surface area contributed by atoms with Gasteiger partial charge in [0.05, 0.1) is 6.61 Å². The Morgan fingerprint density at radius 2 is 2.08 bits per heavy atom. The molecular weight excluding hydrogens is 162 g/mol. The van der Waals surface area contributed by atoms with Crippen molar-refractivity contribution in [3.05, 3.63) is 12.7 Å². The third-order valence-electron chi connectivity index (χ3n) is 2.27. The summed E-state index contributed by atoms with van der Waals surface area (Å²) in [5.41, 5.74) is 0. The van der Waals surface area contributed by atoms with E-state index in [2.05, 4.69) is 25.7 Å². The maximum absolute atomic E-state index is 9.02. The highest BCUT2D eigenvalue weighted by Crippen LogP contribution is 2.04. The molecule has 0 spiro atoms. The van der Waals surface area contributed by atoms with Gasteiger partial charge in [-0.25, -0.2) is 0 Å². The van der Waals surface area contributed by atoms with Crippen molar-refractivity contribution in [3.63, 3.8) is 0 Å². The molecule has 0 aliphatic rings. The highest BCUT2D eigenvalue weighted by atomic mass is 16.3. The first-order chi connectivity index (χ1) is 6.28. The summed E-state index contributed by atoms with van der Waals surface area (Å²) < 4.78 is 0. The second-order valence-corrected chi connectivity index (χ2v) is 3.46. The Morgan fingerprint density at radius 1 is 1.38 bits per heavy atom. The Labute approximate surface area is 82.0 Å². The summed E-state index contributed by atoms with van der Waals surface area (Å²) in [4.78, 5) is 0. The highest BCUT2D eigenvalue weighted by Gasteiger charge is 2.10. The molecule has 0 fully saturated rings. The summed E-state index contributed by atoms with van der Waals surface area (Å²) in [7, 11) is 0. The molecular formula is C11H23NO. The fraction of sp³-hybridized carbons (Fsp3) is 0.818. The van der Waals surface area contributed by atoms with Gasteiger partial charge in [0, 0.05) is 12.1 Å². The number of aliphatic hydroxyl groups excluding tert-OH is 1. The van der Waals surface area contributed by atoms with E-state index in [1.165, 1.54) is 6.42 Å². The van der Waals surface area contributed by atoms with E-state index in [1.54, 1.807) is 0 Å². The molecule has 0 aliphatic heterocycles. The molecule has 0 bridgehead atoms. The van der Waals surface area contributed by atoms with Gasteiger partial charge < -0.3 is 10.4 Å². The van der Waals surface area contributed by atoms with Gasteiger partial charge in [-0.3, -0.25) is 0 Å². The van der Waals surface area contributed by atoms with E-state index in [0.717, 1.165) is 19.3 Å². The fourth-order valence-electron chi connectivity index (χ4n) is 1.45. The summed E-state index contributed by atoms with van der Waals surface area (Å²) in [5, 5.41) is 12.5. The monoisotopic (exact) mass is 185 g/mol. The first kappa shape index (κ1) is 12.7. The minimum atomic E-state index is 0.230. The minimum Gasteiger partial charge on any atom is -0.395 e. The Hall–Kier alpha value is -0.340. The predicted octanol–water partition coefficient (Wildman–Crippen LogP) is 2.09. The van der Waals surface area contributed by atoms with Crippen LogP contribution in [0.5, 0.6) is 0 Å². The van der Waals surface area contributed by atoms with E-state index >= 15 is 0 Å². The van der Waals surface area contributed by atoms with Gasteiger partial charge in [-0.1, -0.05) is 26.3 Å². The zero-order chi connectivity index (χ0) is 10.1. The summed E-state index contributed by atoms with van der Waals surface area (Å²) in [5.74, 6) is 0. The maximum atomic E-state index is 9.02. The molecule has 2 unspecified atom stereocenters. The van der Waals surface area contributed by atoms with E-state index in [-0.39, 0.29) is 12.6 Å².